The van der Waals surface area contributed by atoms with E-state index in [9.17, 15) is 9.59 Å². The Bertz CT molecular complexity index is 383. The van der Waals surface area contributed by atoms with E-state index in [0.717, 1.165) is 51.7 Å². The first kappa shape index (κ1) is 20.1. The van der Waals surface area contributed by atoms with Gasteiger partial charge in [0.1, 0.15) is 5.78 Å². The molecule has 0 spiro atoms. The highest BCUT2D eigenvalue weighted by atomic mass is 16.2. The lowest BCUT2D eigenvalue weighted by Gasteiger charge is -2.33. The van der Waals surface area contributed by atoms with Gasteiger partial charge < -0.3 is 10.2 Å². The number of hydrogen-bond acceptors (Lipinski definition) is 3. The van der Waals surface area contributed by atoms with Gasteiger partial charge in [0.05, 0.1) is 0 Å². The highest BCUT2D eigenvalue weighted by Gasteiger charge is 2.39. The number of carbonyl (C=O) groups is 2. The minimum atomic E-state index is -0.358. The van der Waals surface area contributed by atoms with E-state index in [1.54, 1.807) is 0 Å². The van der Waals surface area contributed by atoms with Crippen LogP contribution in [0.1, 0.15) is 66.7 Å². The molecule has 0 heterocycles. The van der Waals surface area contributed by atoms with Crippen LogP contribution in [0, 0.1) is 17.3 Å². The van der Waals surface area contributed by atoms with Crippen LogP contribution in [0.2, 0.25) is 0 Å². The minimum absolute atomic E-state index is 0.0897. The molecule has 1 saturated carbocycles. The zero-order chi connectivity index (χ0) is 17.5. The van der Waals surface area contributed by atoms with E-state index >= 15 is 0 Å². The molecule has 0 bridgehead atoms. The molecule has 0 aromatic carbocycles. The lowest BCUT2D eigenvalue weighted by molar-refractivity contribution is -0.139. The molecule has 0 saturated heterocycles. The van der Waals surface area contributed by atoms with Gasteiger partial charge in [-0.15, -0.1) is 0 Å². The first-order valence-electron chi connectivity index (χ1n) is 9.35. The molecular weight excluding hydrogens is 288 g/mol. The summed E-state index contributed by atoms with van der Waals surface area (Å²) in [5.74, 6) is 0.128. The van der Waals surface area contributed by atoms with Crippen LogP contribution in [-0.2, 0) is 9.59 Å². The number of nitrogens with one attached hydrogen (secondary N) is 1. The van der Waals surface area contributed by atoms with Gasteiger partial charge >= 0.3 is 0 Å². The second-order valence-electron chi connectivity index (χ2n) is 7.78. The second kappa shape index (κ2) is 9.41. The average Bonchev–Trinajstić information content (AvgIpc) is 2.53. The number of nitrogens with zero attached hydrogens (tertiary/aromatic N) is 1. The van der Waals surface area contributed by atoms with Gasteiger partial charge in [-0.1, -0.05) is 47.5 Å². The molecule has 134 valence electrons. The fraction of sp³-hybridized carbons (Fsp3) is 0.895. The third-order valence-electron chi connectivity index (χ3n) is 5.02. The summed E-state index contributed by atoms with van der Waals surface area (Å²) in [6.45, 7) is 14.0. The molecule has 0 unspecified atom stereocenters. The monoisotopic (exact) mass is 324 g/mol. The van der Waals surface area contributed by atoms with Gasteiger partial charge in [-0.2, -0.15) is 0 Å². The van der Waals surface area contributed by atoms with Crippen molar-refractivity contribution in [3.63, 3.8) is 0 Å². The molecule has 0 aliphatic heterocycles. The summed E-state index contributed by atoms with van der Waals surface area (Å²) in [7, 11) is 0. The van der Waals surface area contributed by atoms with Crippen LogP contribution in [-0.4, -0.2) is 42.8 Å². The van der Waals surface area contributed by atoms with E-state index in [2.05, 4.69) is 24.1 Å². The quantitative estimate of drug-likeness (QED) is 0.697. The van der Waals surface area contributed by atoms with Gasteiger partial charge in [0.25, 0.3) is 0 Å². The van der Waals surface area contributed by atoms with Crippen molar-refractivity contribution >= 4 is 11.7 Å². The van der Waals surface area contributed by atoms with E-state index in [0.29, 0.717) is 6.54 Å². The topological polar surface area (TPSA) is 49.4 Å². The van der Waals surface area contributed by atoms with E-state index < -0.39 is 0 Å². The maximum atomic E-state index is 12.6. The predicted molar refractivity (Wildman–Crippen MR) is 95.3 cm³/mol. The smallest absolute Gasteiger partial charge is 0.223 e. The first-order valence-corrected chi connectivity index (χ1v) is 9.35. The van der Waals surface area contributed by atoms with E-state index in [4.69, 9.17) is 0 Å². The number of hydrogen-bond donors (Lipinski definition) is 1. The summed E-state index contributed by atoms with van der Waals surface area (Å²) in [6.07, 6.45) is 4.82. The Morgan fingerprint density at radius 2 is 1.61 bits per heavy atom. The molecule has 23 heavy (non-hydrogen) atoms. The first-order chi connectivity index (χ1) is 10.8. The number of Topliss-reactive ketones (excluding diaryl/α,β-unsaturated/α-hetero) is 1. The lowest BCUT2D eigenvalue weighted by Crippen LogP contribution is -2.43. The highest BCUT2D eigenvalue weighted by molar-refractivity contribution is 5.91. The average molecular weight is 325 g/mol. The Morgan fingerprint density at radius 1 is 1.04 bits per heavy atom. The van der Waals surface area contributed by atoms with Crippen molar-refractivity contribution in [3.05, 3.63) is 0 Å². The molecule has 0 radical (unpaired) electrons. The maximum Gasteiger partial charge on any atom is 0.223 e. The summed E-state index contributed by atoms with van der Waals surface area (Å²) >= 11 is 0. The fourth-order valence-electron chi connectivity index (χ4n) is 3.50. The molecular formula is C19H36N2O2. The Kier molecular flexibility index (Phi) is 8.24. The SMILES string of the molecule is CCN(CC)CCCNC(=O)[C@H]1CCCC[C@H]1C(=O)C(C)(C)C. The number of rotatable bonds is 8. The van der Waals surface area contributed by atoms with Crippen LogP contribution in [0.4, 0.5) is 0 Å². The zero-order valence-electron chi connectivity index (χ0n) is 15.8. The van der Waals surface area contributed by atoms with Gasteiger partial charge in [0.2, 0.25) is 5.91 Å². The van der Waals surface area contributed by atoms with Crippen LogP contribution in [0.25, 0.3) is 0 Å². The number of ketones is 1. The lowest BCUT2D eigenvalue weighted by atomic mass is 9.70. The zero-order valence-corrected chi connectivity index (χ0v) is 15.8. The second-order valence-corrected chi connectivity index (χ2v) is 7.78. The largest absolute Gasteiger partial charge is 0.356 e. The Labute approximate surface area is 142 Å². The van der Waals surface area contributed by atoms with Gasteiger partial charge in [-0.05, 0) is 38.9 Å². The van der Waals surface area contributed by atoms with Crippen LogP contribution in [0.5, 0.6) is 0 Å². The predicted octanol–water partition coefficient (Wildman–Crippen LogP) is 3.26. The standard InChI is InChI=1S/C19H36N2O2/c1-6-21(7-2)14-10-13-20-18(23)16-12-9-8-11-15(16)17(22)19(3,4)5/h15-16H,6-14H2,1-5H3,(H,20,23)/t15-,16+/m1/s1. The molecule has 1 aliphatic carbocycles. The molecule has 1 rings (SSSR count). The summed E-state index contributed by atoms with van der Waals surface area (Å²) in [4.78, 5) is 27.6. The van der Waals surface area contributed by atoms with Crippen LogP contribution < -0.4 is 5.32 Å². The molecule has 2 atom stereocenters. The molecule has 4 heteroatoms. The van der Waals surface area contributed by atoms with E-state index in [1.807, 2.05) is 20.8 Å². The Hall–Kier alpha value is -0.900. The molecule has 1 aliphatic rings. The molecule has 1 N–H and O–H groups in total. The highest BCUT2D eigenvalue weighted by Crippen LogP contribution is 2.35. The number of amides is 1. The van der Waals surface area contributed by atoms with Crippen LogP contribution in [0.3, 0.4) is 0 Å². The molecule has 0 aromatic rings. The number of carbonyl (C=O) groups excluding carboxylic acids is 2. The fourth-order valence-corrected chi connectivity index (χ4v) is 3.50. The Balaban J connectivity index is 2.50. The van der Waals surface area contributed by atoms with E-state index in [-0.39, 0.29) is 28.9 Å². The minimum Gasteiger partial charge on any atom is -0.356 e. The van der Waals surface area contributed by atoms with Crippen molar-refractivity contribution < 1.29 is 9.59 Å². The molecule has 1 fully saturated rings. The summed E-state index contributed by atoms with van der Waals surface area (Å²) in [5.41, 5.74) is -0.358. The van der Waals surface area contributed by atoms with Gasteiger partial charge in [-0.25, -0.2) is 0 Å². The van der Waals surface area contributed by atoms with Gasteiger partial charge in [0.15, 0.2) is 0 Å². The third kappa shape index (κ3) is 6.25. The van der Waals surface area contributed by atoms with Crippen LogP contribution >= 0.6 is 0 Å². The molecule has 4 nitrogen and oxygen atoms in total. The maximum absolute atomic E-state index is 12.6. The summed E-state index contributed by atoms with van der Waals surface area (Å²) in [6, 6.07) is 0. The summed E-state index contributed by atoms with van der Waals surface area (Å²) in [5, 5.41) is 3.07. The molecule has 1 amide bonds. The Morgan fingerprint density at radius 3 is 2.13 bits per heavy atom. The van der Waals surface area contributed by atoms with Crippen molar-refractivity contribution in [3.8, 4) is 0 Å². The van der Waals surface area contributed by atoms with Crippen molar-refractivity contribution in [2.45, 2.75) is 66.7 Å². The van der Waals surface area contributed by atoms with Crippen molar-refractivity contribution in [1.82, 2.24) is 10.2 Å². The third-order valence-corrected chi connectivity index (χ3v) is 5.02. The normalized spacial score (nSPS) is 22.2. The van der Waals surface area contributed by atoms with Crippen molar-refractivity contribution in [2.24, 2.45) is 17.3 Å². The van der Waals surface area contributed by atoms with Crippen molar-refractivity contribution in [1.29, 1.82) is 0 Å². The van der Waals surface area contributed by atoms with Crippen molar-refractivity contribution in [2.75, 3.05) is 26.2 Å². The van der Waals surface area contributed by atoms with Crippen LogP contribution in [0.15, 0.2) is 0 Å². The van der Waals surface area contributed by atoms with E-state index in [1.165, 1.54) is 0 Å². The molecule has 0 aromatic heterocycles. The summed E-state index contributed by atoms with van der Waals surface area (Å²) < 4.78 is 0. The van der Waals surface area contributed by atoms with Gasteiger partial charge in [-0.3, -0.25) is 9.59 Å². The van der Waals surface area contributed by atoms with Gasteiger partial charge in [0, 0.05) is 23.8 Å².